The van der Waals surface area contributed by atoms with Gasteiger partial charge in [-0.25, -0.2) is 0 Å². The highest BCUT2D eigenvalue weighted by Crippen LogP contribution is 2.37. The molecule has 0 saturated heterocycles. The van der Waals surface area contributed by atoms with Crippen molar-refractivity contribution in [1.82, 2.24) is 9.80 Å². The Hall–Kier alpha value is -2.18. The van der Waals surface area contributed by atoms with Crippen LogP contribution in [-0.2, 0) is 20.7 Å². The van der Waals surface area contributed by atoms with E-state index >= 15 is 0 Å². The van der Waals surface area contributed by atoms with Crippen molar-refractivity contribution in [2.45, 2.75) is 38.6 Å². The molecule has 0 radical (unpaired) electrons. The average Bonchev–Trinajstić information content (AvgIpc) is 3.22. The minimum absolute atomic E-state index is 0.0116. The summed E-state index contributed by atoms with van der Waals surface area (Å²) in [4.78, 5) is 31.0. The molecule has 0 fully saturated rings. The Bertz CT molecular complexity index is 805. The number of fused-ring (bicyclic) bond motifs is 1. The van der Waals surface area contributed by atoms with Crippen molar-refractivity contribution in [3.8, 4) is 0 Å². The van der Waals surface area contributed by atoms with Gasteiger partial charge in [-0.05, 0) is 41.8 Å². The van der Waals surface area contributed by atoms with Gasteiger partial charge < -0.3 is 14.5 Å². The van der Waals surface area contributed by atoms with Gasteiger partial charge in [0, 0.05) is 38.1 Å². The monoisotopic (exact) mass is 414 g/mol. The molecule has 5 nitrogen and oxygen atoms in total. The number of carbonyl (C=O) groups excluding carboxylic acids is 2. The van der Waals surface area contributed by atoms with E-state index in [9.17, 15) is 9.59 Å². The van der Waals surface area contributed by atoms with Crippen LogP contribution in [0.2, 0.25) is 0 Å². The molecule has 0 aliphatic carbocycles. The molecule has 1 aromatic carbocycles. The molecule has 1 aliphatic rings. The van der Waals surface area contributed by atoms with E-state index < -0.39 is 0 Å². The summed E-state index contributed by atoms with van der Waals surface area (Å²) in [6.45, 7) is 3.93. The Morgan fingerprint density at radius 3 is 2.76 bits per heavy atom. The maximum atomic E-state index is 13.4. The molecule has 2 aromatic rings. The summed E-state index contributed by atoms with van der Waals surface area (Å²) in [5.41, 5.74) is 2.33. The summed E-state index contributed by atoms with van der Waals surface area (Å²) >= 11 is 1.76. The molecular formula is C23H30N2O3S. The predicted molar refractivity (Wildman–Crippen MR) is 116 cm³/mol. The van der Waals surface area contributed by atoms with Crippen molar-refractivity contribution in [2.75, 3.05) is 33.4 Å². The Morgan fingerprint density at radius 1 is 1.24 bits per heavy atom. The van der Waals surface area contributed by atoms with Crippen LogP contribution in [0, 0.1) is 0 Å². The quantitative estimate of drug-likeness (QED) is 0.585. The lowest BCUT2D eigenvalue weighted by Gasteiger charge is -2.37. The second kappa shape index (κ2) is 10.6. The first-order valence-electron chi connectivity index (χ1n) is 10.3. The van der Waals surface area contributed by atoms with Gasteiger partial charge in [-0.15, -0.1) is 11.3 Å². The Labute approximate surface area is 177 Å². The molecule has 2 amide bonds. The van der Waals surface area contributed by atoms with Gasteiger partial charge in [0.05, 0.1) is 12.6 Å². The molecule has 6 heteroatoms. The third kappa shape index (κ3) is 5.25. The van der Waals surface area contributed by atoms with E-state index in [0.29, 0.717) is 26.1 Å². The van der Waals surface area contributed by atoms with E-state index in [2.05, 4.69) is 23.6 Å². The Balaban J connectivity index is 1.80. The molecule has 156 valence electrons. The molecule has 0 bridgehead atoms. The van der Waals surface area contributed by atoms with Crippen molar-refractivity contribution in [1.29, 1.82) is 0 Å². The Kier molecular flexibility index (Phi) is 7.83. The number of thiophene rings is 1. The minimum atomic E-state index is -0.0826. The zero-order valence-corrected chi connectivity index (χ0v) is 18.1. The smallest absolute Gasteiger partial charge is 0.242 e. The summed E-state index contributed by atoms with van der Waals surface area (Å²) in [5.74, 6) is 0.0546. The van der Waals surface area contributed by atoms with E-state index in [-0.39, 0.29) is 24.4 Å². The second-order valence-electron chi connectivity index (χ2n) is 7.36. The highest BCUT2D eigenvalue weighted by atomic mass is 32.1. The number of hydrogen-bond acceptors (Lipinski definition) is 4. The molecule has 2 heterocycles. The zero-order valence-electron chi connectivity index (χ0n) is 17.3. The molecule has 0 spiro atoms. The molecular weight excluding hydrogens is 384 g/mol. The number of carbonyl (C=O) groups is 2. The van der Waals surface area contributed by atoms with E-state index in [1.54, 1.807) is 23.3 Å². The van der Waals surface area contributed by atoms with Gasteiger partial charge in [-0.2, -0.15) is 0 Å². The van der Waals surface area contributed by atoms with Crippen molar-refractivity contribution < 1.29 is 14.3 Å². The fourth-order valence-electron chi connectivity index (χ4n) is 3.90. The lowest BCUT2D eigenvalue weighted by atomic mass is 9.93. The van der Waals surface area contributed by atoms with Gasteiger partial charge in [0.15, 0.2) is 0 Å². The van der Waals surface area contributed by atoms with Crippen LogP contribution in [0.1, 0.15) is 48.2 Å². The van der Waals surface area contributed by atoms with E-state index in [1.807, 2.05) is 30.0 Å². The lowest BCUT2D eigenvalue weighted by Crippen LogP contribution is -2.47. The van der Waals surface area contributed by atoms with Crippen LogP contribution in [-0.4, -0.2) is 55.0 Å². The first-order valence-corrected chi connectivity index (χ1v) is 11.2. The van der Waals surface area contributed by atoms with Crippen LogP contribution in [0.5, 0.6) is 0 Å². The predicted octanol–water partition coefficient (Wildman–Crippen LogP) is 3.89. The largest absolute Gasteiger partial charge is 0.385 e. The van der Waals surface area contributed by atoms with E-state index in [4.69, 9.17) is 4.74 Å². The molecule has 0 saturated carbocycles. The van der Waals surface area contributed by atoms with E-state index in [0.717, 1.165) is 24.8 Å². The SMILES string of the molecule is CCCC(=O)N(CCCOC)CC(=O)N1CCc2sccc2C1c1ccccc1. The molecule has 1 aliphatic heterocycles. The van der Waals surface area contributed by atoms with Crippen LogP contribution in [0.15, 0.2) is 41.8 Å². The minimum Gasteiger partial charge on any atom is -0.385 e. The number of hydrogen-bond donors (Lipinski definition) is 0. The number of ether oxygens (including phenoxy) is 1. The van der Waals surface area contributed by atoms with Crippen LogP contribution < -0.4 is 0 Å². The van der Waals surface area contributed by atoms with Gasteiger partial charge in [-0.1, -0.05) is 37.3 Å². The van der Waals surface area contributed by atoms with Crippen LogP contribution in [0.3, 0.4) is 0 Å². The first kappa shape index (κ1) is 21.5. The third-order valence-electron chi connectivity index (χ3n) is 5.32. The van der Waals surface area contributed by atoms with Crippen molar-refractivity contribution in [3.63, 3.8) is 0 Å². The number of benzene rings is 1. The maximum Gasteiger partial charge on any atom is 0.242 e. The lowest BCUT2D eigenvalue weighted by molar-refractivity contribution is -0.142. The number of methoxy groups -OCH3 is 1. The fourth-order valence-corrected chi connectivity index (χ4v) is 4.80. The summed E-state index contributed by atoms with van der Waals surface area (Å²) in [5, 5.41) is 2.11. The summed E-state index contributed by atoms with van der Waals surface area (Å²) < 4.78 is 5.13. The highest BCUT2D eigenvalue weighted by molar-refractivity contribution is 7.10. The van der Waals surface area contributed by atoms with Crippen LogP contribution in [0.25, 0.3) is 0 Å². The molecule has 29 heavy (non-hydrogen) atoms. The summed E-state index contributed by atoms with van der Waals surface area (Å²) in [6, 6.07) is 12.2. The number of amides is 2. The topological polar surface area (TPSA) is 49.9 Å². The normalized spacial score (nSPS) is 15.8. The van der Waals surface area contributed by atoms with Crippen LogP contribution in [0.4, 0.5) is 0 Å². The summed E-state index contributed by atoms with van der Waals surface area (Å²) in [6.07, 6.45) is 2.85. The first-order chi connectivity index (χ1) is 14.2. The number of rotatable bonds is 9. The van der Waals surface area contributed by atoms with Crippen molar-refractivity contribution in [2.24, 2.45) is 0 Å². The van der Waals surface area contributed by atoms with Crippen molar-refractivity contribution >= 4 is 23.2 Å². The highest BCUT2D eigenvalue weighted by Gasteiger charge is 2.33. The van der Waals surface area contributed by atoms with E-state index in [1.165, 1.54) is 10.4 Å². The van der Waals surface area contributed by atoms with Gasteiger partial charge >= 0.3 is 0 Å². The summed E-state index contributed by atoms with van der Waals surface area (Å²) in [7, 11) is 1.65. The molecule has 0 N–H and O–H groups in total. The maximum absolute atomic E-state index is 13.4. The molecule has 1 aromatic heterocycles. The molecule has 3 rings (SSSR count). The van der Waals surface area contributed by atoms with Gasteiger partial charge in [-0.3, -0.25) is 9.59 Å². The van der Waals surface area contributed by atoms with Crippen molar-refractivity contribution in [3.05, 3.63) is 57.8 Å². The Morgan fingerprint density at radius 2 is 2.03 bits per heavy atom. The number of nitrogens with zero attached hydrogens (tertiary/aromatic N) is 2. The zero-order chi connectivity index (χ0) is 20.6. The molecule has 1 unspecified atom stereocenters. The molecule has 1 atom stereocenters. The van der Waals surface area contributed by atoms with Crippen LogP contribution >= 0.6 is 11.3 Å². The van der Waals surface area contributed by atoms with Gasteiger partial charge in [0.1, 0.15) is 0 Å². The van der Waals surface area contributed by atoms with Gasteiger partial charge in [0.2, 0.25) is 11.8 Å². The second-order valence-corrected chi connectivity index (χ2v) is 8.36. The third-order valence-corrected chi connectivity index (χ3v) is 6.32. The fraction of sp³-hybridized carbons (Fsp3) is 0.478. The standard InChI is InChI=1S/C23H30N2O3S/c1-3-8-21(26)24(13-7-15-28-2)17-22(27)25-14-11-20-19(12-16-29-20)23(25)18-9-5-4-6-10-18/h4-6,9-10,12,16,23H,3,7-8,11,13-15,17H2,1-2H3. The average molecular weight is 415 g/mol. The van der Waals surface area contributed by atoms with Gasteiger partial charge in [0.25, 0.3) is 0 Å².